The smallest absolute Gasteiger partial charge is 0.268 e. The molecule has 4 rings (SSSR count). The Morgan fingerprint density at radius 3 is 2.35 bits per heavy atom. The summed E-state index contributed by atoms with van der Waals surface area (Å²) in [7, 11) is -2.72. The van der Waals surface area contributed by atoms with Crippen LogP contribution in [0.1, 0.15) is 16.7 Å². The molecule has 5 nitrogen and oxygen atoms in total. The highest BCUT2D eigenvalue weighted by atomic mass is 79.9. The molecule has 0 unspecified atom stereocenters. The molecule has 0 aliphatic rings. The van der Waals surface area contributed by atoms with Gasteiger partial charge in [-0.05, 0) is 58.2 Å². The molecule has 0 saturated heterocycles. The Balaban J connectivity index is 1.41. The van der Waals surface area contributed by atoms with Crippen LogP contribution in [-0.4, -0.2) is 21.4 Å². The van der Waals surface area contributed by atoms with E-state index in [9.17, 15) is 13.2 Å². The molecule has 0 spiro atoms. The molecule has 0 aliphatic carbocycles. The second kappa shape index (κ2) is 10.2. The Kier molecular flexibility index (Phi) is 7.14. The predicted octanol–water partition coefficient (Wildman–Crippen LogP) is 5.72. The average molecular weight is 536 g/mol. The summed E-state index contributed by atoms with van der Waals surface area (Å²) in [6.45, 7) is 0. The summed E-state index contributed by atoms with van der Waals surface area (Å²) < 4.78 is 32.9. The summed E-state index contributed by atoms with van der Waals surface area (Å²) in [4.78, 5) is 12.2. The largest absolute Gasteiger partial charge is 0.495 e. The fraction of sp³-hybridized carbons (Fsp3) is 0.0741. The lowest BCUT2D eigenvalue weighted by molar-refractivity contribution is -0.114. The lowest BCUT2D eigenvalue weighted by Gasteiger charge is -2.10. The highest BCUT2D eigenvalue weighted by molar-refractivity contribution is 9.10. The van der Waals surface area contributed by atoms with Crippen molar-refractivity contribution in [3.05, 3.63) is 112 Å². The second-order valence-electron chi connectivity index (χ2n) is 7.70. The van der Waals surface area contributed by atoms with Crippen LogP contribution < -0.4 is 9.46 Å². The van der Waals surface area contributed by atoms with Crippen LogP contribution in [-0.2, 0) is 21.2 Å². The van der Waals surface area contributed by atoms with Crippen molar-refractivity contribution in [1.29, 1.82) is 0 Å². The molecule has 7 heteroatoms. The first-order valence-electron chi connectivity index (χ1n) is 10.5. The molecule has 1 N–H and O–H groups in total. The van der Waals surface area contributed by atoms with E-state index < -0.39 is 15.9 Å². The number of hydrogen-bond donors (Lipinski definition) is 1. The van der Waals surface area contributed by atoms with Gasteiger partial charge in [0.1, 0.15) is 10.6 Å². The number of amides is 1. The molecule has 0 fully saturated rings. The number of nitrogens with one attached hydrogen (secondary N) is 1. The number of carbonyl (C=O) groups is 1. The van der Waals surface area contributed by atoms with Crippen molar-refractivity contribution in [3.8, 4) is 5.75 Å². The molecule has 0 atom stereocenters. The fourth-order valence-electron chi connectivity index (χ4n) is 3.58. The summed E-state index contributed by atoms with van der Waals surface area (Å²) in [5.74, 6) is -0.600. The van der Waals surface area contributed by atoms with Gasteiger partial charge in [0.25, 0.3) is 15.9 Å². The van der Waals surface area contributed by atoms with Crippen LogP contribution in [0.3, 0.4) is 0 Å². The molecule has 0 bridgehead atoms. The number of sulfonamides is 1. The maximum atomic E-state index is 12.6. The van der Waals surface area contributed by atoms with E-state index in [0.29, 0.717) is 4.47 Å². The zero-order valence-corrected chi connectivity index (χ0v) is 20.8. The summed E-state index contributed by atoms with van der Waals surface area (Å²) in [6, 6.07) is 27.0. The van der Waals surface area contributed by atoms with E-state index in [2.05, 4.69) is 46.3 Å². The van der Waals surface area contributed by atoms with Crippen molar-refractivity contribution in [2.24, 2.45) is 0 Å². The van der Waals surface area contributed by atoms with Gasteiger partial charge in [-0.2, -0.15) is 0 Å². The van der Waals surface area contributed by atoms with E-state index in [-0.39, 0.29) is 10.6 Å². The van der Waals surface area contributed by atoms with Gasteiger partial charge in [-0.1, -0.05) is 82.7 Å². The van der Waals surface area contributed by atoms with E-state index in [1.807, 2.05) is 41.1 Å². The van der Waals surface area contributed by atoms with Crippen molar-refractivity contribution in [2.45, 2.75) is 11.3 Å². The van der Waals surface area contributed by atoms with E-state index in [0.717, 1.165) is 17.5 Å². The molecule has 4 aromatic rings. The minimum absolute atomic E-state index is 0.121. The molecule has 0 aromatic heterocycles. The van der Waals surface area contributed by atoms with Gasteiger partial charge in [0, 0.05) is 10.5 Å². The van der Waals surface area contributed by atoms with Crippen LogP contribution in [0.15, 0.2) is 100 Å². The number of fused-ring (bicyclic) bond motifs is 1. The lowest BCUT2D eigenvalue weighted by Crippen LogP contribution is -2.29. The molecule has 1 amide bonds. The zero-order chi connectivity index (χ0) is 24.1. The van der Waals surface area contributed by atoms with Crippen molar-refractivity contribution in [1.82, 2.24) is 4.72 Å². The average Bonchev–Trinajstić information content (AvgIpc) is 2.83. The topological polar surface area (TPSA) is 72.5 Å². The van der Waals surface area contributed by atoms with Gasteiger partial charge in [0.05, 0.1) is 7.11 Å². The first kappa shape index (κ1) is 23.7. The molecule has 172 valence electrons. The zero-order valence-electron chi connectivity index (χ0n) is 18.4. The molecule has 0 saturated carbocycles. The SMILES string of the molecule is COc1ccc(Br)cc1S(=O)(=O)NC(=O)/C=C/c1ccc(Cc2ccc3ccccc3c2)cc1. The molecule has 34 heavy (non-hydrogen) atoms. The molecule has 0 aliphatic heterocycles. The number of rotatable bonds is 7. The minimum atomic E-state index is -4.09. The van der Waals surface area contributed by atoms with Crippen LogP contribution >= 0.6 is 15.9 Å². The highest BCUT2D eigenvalue weighted by Gasteiger charge is 2.21. The molecular weight excluding hydrogens is 514 g/mol. The van der Waals surface area contributed by atoms with Gasteiger partial charge < -0.3 is 4.74 Å². The first-order chi connectivity index (χ1) is 16.3. The van der Waals surface area contributed by atoms with Crippen LogP contribution in [0.25, 0.3) is 16.8 Å². The van der Waals surface area contributed by atoms with E-state index in [1.165, 1.54) is 41.7 Å². The lowest BCUT2D eigenvalue weighted by atomic mass is 10.0. The third kappa shape index (κ3) is 5.73. The summed E-state index contributed by atoms with van der Waals surface area (Å²) in [5.41, 5.74) is 3.14. The van der Waals surface area contributed by atoms with Crippen molar-refractivity contribution in [3.63, 3.8) is 0 Å². The predicted molar refractivity (Wildman–Crippen MR) is 138 cm³/mol. The Morgan fingerprint density at radius 2 is 1.62 bits per heavy atom. The van der Waals surface area contributed by atoms with Crippen LogP contribution in [0.4, 0.5) is 0 Å². The van der Waals surface area contributed by atoms with Gasteiger partial charge in [0.15, 0.2) is 0 Å². The van der Waals surface area contributed by atoms with E-state index in [1.54, 1.807) is 12.1 Å². The first-order valence-corrected chi connectivity index (χ1v) is 12.8. The fourth-order valence-corrected chi connectivity index (χ4v) is 5.24. The second-order valence-corrected chi connectivity index (χ2v) is 10.3. The number of methoxy groups -OCH3 is 1. The van der Waals surface area contributed by atoms with Gasteiger partial charge in [-0.25, -0.2) is 13.1 Å². The van der Waals surface area contributed by atoms with Crippen molar-refractivity contribution in [2.75, 3.05) is 7.11 Å². The Bertz CT molecular complexity index is 1480. The Morgan fingerprint density at radius 1 is 0.912 bits per heavy atom. The van der Waals surface area contributed by atoms with Crippen LogP contribution in [0.2, 0.25) is 0 Å². The van der Waals surface area contributed by atoms with E-state index in [4.69, 9.17) is 4.74 Å². The third-order valence-electron chi connectivity index (χ3n) is 5.28. The summed E-state index contributed by atoms with van der Waals surface area (Å²) >= 11 is 3.24. The van der Waals surface area contributed by atoms with Crippen molar-refractivity contribution >= 4 is 48.7 Å². The number of benzene rings is 4. The maximum Gasteiger partial charge on any atom is 0.268 e. The van der Waals surface area contributed by atoms with Crippen molar-refractivity contribution < 1.29 is 17.9 Å². The molecular formula is C27H22BrNO4S. The monoisotopic (exact) mass is 535 g/mol. The van der Waals surface area contributed by atoms with Crippen LogP contribution in [0, 0.1) is 0 Å². The molecule has 4 aromatic carbocycles. The van der Waals surface area contributed by atoms with Crippen LogP contribution in [0.5, 0.6) is 5.75 Å². The van der Waals surface area contributed by atoms with Gasteiger partial charge in [0.2, 0.25) is 0 Å². The van der Waals surface area contributed by atoms with E-state index >= 15 is 0 Å². The molecule has 0 radical (unpaired) electrons. The highest BCUT2D eigenvalue weighted by Crippen LogP contribution is 2.27. The summed E-state index contributed by atoms with van der Waals surface area (Å²) in [5, 5.41) is 2.42. The third-order valence-corrected chi connectivity index (χ3v) is 7.14. The molecule has 0 heterocycles. The van der Waals surface area contributed by atoms with Gasteiger partial charge in [-0.3, -0.25) is 4.79 Å². The number of hydrogen-bond acceptors (Lipinski definition) is 4. The Hall–Kier alpha value is -3.42. The Labute approximate surface area is 207 Å². The number of ether oxygens (including phenoxy) is 1. The normalized spacial score (nSPS) is 11.6. The van der Waals surface area contributed by atoms with Gasteiger partial charge >= 0.3 is 0 Å². The minimum Gasteiger partial charge on any atom is -0.495 e. The quantitative estimate of drug-likeness (QED) is 0.307. The number of carbonyl (C=O) groups excluding carboxylic acids is 1. The summed E-state index contributed by atoms with van der Waals surface area (Å²) in [6.07, 6.45) is 3.56. The maximum absolute atomic E-state index is 12.6. The number of halogens is 1. The van der Waals surface area contributed by atoms with Gasteiger partial charge in [-0.15, -0.1) is 0 Å². The standard InChI is InChI=1S/C27H22BrNO4S/c1-33-25-14-13-24(28)18-26(25)34(31,32)29-27(30)15-11-19-6-8-20(9-7-19)16-21-10-12-22-4-2-3-5-23(22)17-21/h2-15,17-18H,16H2,1H3,(H,29,30)/b15-11+.